The molecule has 6 rings (SSSR count). The van der Waals surface area contributed by atoms with Gasteiger partial charge in [0, 0.05) is 41.0 Å². The standard InChI is InChI=1S/C35H30O10/c1-38-20-10-7-18(8-11-20)34-33(30-22(36)14-21(39-2)15-27(30)42-5)32-29(45-34)17-28-31(35(32)43-6)23(37)16-25(44-28)19-9-12-24(40-3)26(13-19)41-4/h7-17,36H,1-6H3. The Balaban J connectivity index is 1.70. The van der Waals surface area contributed by atoms with Crippen LogP contribution in [0.4, 0.5) is 0 Å². The van der Waals surface area contributed by atoms with Crippen molar-refractivity contribution in [3.05, 3.63) is 77.0 Å². The molecule has 0 atom stereocenters. The Morgan fingerprint density at radius 1 is 0.556 bits per heavy atom. The zero-order chi connectivity index (χ0) is 31.8. The fourth-order valence-electron chi connectivity index (χ4n) is 5.48. The highest BCUT2D eigenvalue weighted by Crippen LogP contribution is 2.53. The molecule has 0 radical (unpaired) electrons. The second kappa shape index (κ2) is 11.7. The molecule has 10 nitrogen and oxygen atoms in total. The molecule has 230 valence electrons. The van der Waals surface area contributed by atoms with Crippen molar-refractivity contribution in [1.29, 1.82) is 0 Å². The van der Waals surface area contributed by atoms with Crippen LogP contribution in [0.15, 0.2) is 80.4 Å². The third kappa shape index (κ3) is 4.90. The van der Waals surface area contributed by atoms with E-state index in [1.807, 2.05) is 12.1 Å². The summed E-state index contributed by atoms with van der Waals surface area (Å²) in [6, 6.07) is 18.7. The number of methoxy groups -OCH3 is 6. The predicted molar refractivity (Wildman–Crippen MR) is 170 cm³/mol. The fraction of sp³-hybridized carbons (Fsp3) is 0.171. The first-order valence-corrected chi connectivity index (χ1v) is 13.8. The quantitative estimate of drug-likeness (QED) is 0.179. The number of aromatic hydroxyl groups is 1. The van der Waals surface area contributed by atoms with Gasteiger partial charge in [0.25, 0.3) is 0 Å². The van der Waals surface area contributed by atoms with Gasteiger partial charge in [-0.15, -0.1) is 0 Å². The summed E-state index contributed by atoms with van der Waals surface area (Å²) in [5.74, 6) is 3.20. The zero-order valence-corrected chi connectivity index (χ0v) is 25.5. The maximum absolute atomic E-state index is 13.8. The number of rotatable bonds is 9. The van der Waals surface area contributed by atoms with Gasteiger partial charge in [-0.3, -0.25) is 4.79 Å². The Bertz CT molecular complexity index is 2110. The molecule has 2 heterocycles. The number of hydrogen-bond acceptors (Lipinski definition) is 10. The molecule has 0 saturated carbocycles. The highest BCUT2D eigenvalue weighted by molar-refractivity contribution is 6.13. The van der Waals surface area contributed by atoms with Crippen molar-refractivity contribution in [1.82, 2.24) is 0 Å². The Morgan fingerprint density at radius 3 is 1.87 bits per heavy atom. The average Bonchev–Trinajstić information content (AvgIpc) is 3.44. The summed E-state index contributed by atoms with van der Waals surface area (Å²) in [5, 5.41) is 12.0. The molecule has 0 amide bonds. The van der Waals surface area contributed by atoms with E-state index in [9.17, 15) is 9.90 Å². The molecule has 0 saturated heterocycles. The molecule has 0 aliphatic rings. The highest BCUT2D eigenvalue weighted by Gasteiger charge is 2.29. The molecule has 0 spiro atoms. The number of hydrogen-bond donors (Lipinski definition) is 1. The molecule has 45 heavy (non-hydrogen) atoms. The Kier molecular flexibility index (Phi) is 7.64. The normalized spacial score (nSPS) is 11.1. The molecule has 0 aliphatic heterocycles. The fourth-order valence-corrected chi connectivity index (χ4v) is 5.48. The maximum atomic E-state index is 13.8. The summed E-state index contributed by atoms with van der Waals surface area (Å²) < 4.78 is 45.9. The maximum Gasteiger partial charge on any atom is 0.197 e. The lowest BCUT2D eigenvalue weighted by Gasteiger charge is -2.15. The van der Waals surface area contributed by atoms with Crippen molar-refractivity contribution in [2.75, 3.05) is 42.7 Å². The molecule has 4 aromatic carbocycles. The van der Waals surface area contributed by atoms with Gasteiger partial charge in [0.2, 0.25) is 0 Å². The van der Waals surface area contributed by atoms with E-state index in [0.29, 0.717) is 73.5 Å². The topological polar surface area (TPSA) is 119 Å². The van der Waals surface area contributed by atoms with E-state index in [2.05, 4.69) is 0 Å². The van der Waals surface area contributed by atoms with Crippen LogP contribution in [0.1, 0.15) is 0 Å². The van der Waals surface area contributed by atoms with Crippen molar-refractivity contribution in [2.45, 2.75) is 0 Å². The number of benzene rings is 4. The minimum atomic E-state index is -0.344. The number of phenolic OH excluding ortho intramolecular Hbond substituents is 1. The molecule has 1 N–H and O–H groups in total. The minimum absolute atomic E-state index is 0.123. The molecule has 10 heteroatoms. The van der Waals surface area contributed by atoms with E-state index in [4.69, 9.17) is 37.3 Å². The highest BCUT2D eigenvalue weighted by atomic mass is 16.5. The summed E-state index contributed by atoms with van der Waals surface area (Å²) in [7, 11) is 9.11. The van der Waals surface area contributed by atoms with Crippen LogP contribution >= 0.6 is 0 Å². The van der Waals surface area contributed by atoms with E-state index in [0.717, 1.165) is 0 Å². The van der Waals surface area contributed by atoms with Crippen LogP contribution in [-0.2, 0) is 0 Å². The van der Waals surface area contributed by atoms with E-state index in [1.54, 1.807) is 56.7 Å². The first-order chi connectivity index (χ1) is 21.8. The number of phenols is 1. The third-order valence-electron chi connectivity index (χ3n) is 7.61. The molecule has 6 aromatic rings. The number of furan rings is 1. The number of fused-ring (bicyclic) bond motifs is 2. The van der Waals surface area contributed by atoms with E-state index in [1.165, 1.54) is 40.6 Å². The second-order valence-corrected chi connectivity index (χ2v) is 9.96. The number of ether oxygens (including phenoxy) is 6. The van der Waals surface area contributed by atoms with Crippen molar-refractivity contribution in [2.24, 2.45) is 0 Å². The van der Waals surface area contributed by atoms with Gasteiger partial charge in [-0.05, 0) is 42.5 Å². The molecule has 2 aromatic heterocycles. The smallest absolute Gasteiger partial charge is 0.197 e. The van der Waals surface area contributed by atoms with Gasteiger partial charge in [0.05, 0.1) is 53.6 Å². The Hall–Kier alpha value is -5.77. The van der Waals surface area contributed by atoms with Crippen molar-refractivity contribution < 1.29 is 42.4 Å². The van der Waals surface area contributed by atoms with Gasteiger partial charge < -0.3 is 42.4 Å². The SMILES string of the molecule is COc1ccc(-c2oc3cc4oc(-c5ccc(OC)c(OC)c5)cc(=O)c4c(OC)c3c2-c2c(O)cc(OC)cc2OC)cc1. The van der Waals surface area contributed by atoms with Crippen LogP contribution in [0.3, 0.4) is 0 Å². The van der Waals surface area contributed by atoms with Crippen LogP contribution in [0, 0.1) is 0 Å². The average molecular weight is 611 g/mol. The largest absolute Gasteiger partial charge is 0.507 e. The molecular weight excluding hydrogens is 580 g/mol. The molecular formula is C35H30O10. The van der Waals surface area contributed by atoms with Crippen LogP contribution in [0.5, 0.6) is 40.2 Å². The summed E-state index contributed by atoms with van der Waals surface area (Å²) in [5.41, 5.74) is 2.31. The molecule has 0 aliphatic carbocycles. The molecule has 0 fully saturated rings. The minimum Gasteiger partial charge on any atom is -0.507 e. The van der Waals surface area contributed by atoms with Gasteiger partial charge in [-0.1, -0.05) is 0 Å². The van der Waals surface area contributed by atoms with Crippen molar-refractivity contribution in [3.8, 4) is 74.0 Å². The lowest BCUT2D eigenvalue weighted by molar-refractivity contribution is 0.355. The predicted octanol–water partition coefficient (Wildman–Crippen LogP) is 7.30. The third-order valence-corrected chi connectivity index (χ3v) is 7.61. The van der Waals surface area contributed by atoms with Crippen LogP contribution in [0.2, 0.25) is 0 Å². The summed E-state index contributed by atoms with van der Waals surface area (Å²) in [6.45, 7) is 0. The van der Waals surface area contributed by atoms with E-state index < -0.39 is 0 Å². The first-order valence-electron chi connectivity index (χ1n) is 13.8. The molecule has 0 bridgehead atoms. The van der Waals surface area contributed by atoms with Gasteiger partial charge in [0.1, 0.15) is 56.8 Å². The van der Waals surface area contributed by atoms with Gasteiger partial charge in [-0.25, -0.2) is 0 Å². The van der Waals surface area contributed by atoms with Crippen LogP contribution in [-0.4, -0.2) is 47.8 Å². The lowest BCUT2D eigenvalue weighted by Crippen LogP contribution is -2.03. The summed E-state index contributed by atoms with van der Waals surface area (Å²) in [6.07, 6.45) is 0. The Morgan fingerprint density at radius 2 is 1.22 bits per heavy atom. The van der Waals surface area contributed by atoms with Gasteiger partial charge in [-0.2, -0.15) is 0 Å². The van der Waals surface area contributed by atoms with Gasteiger partial charge >= 0.3 is 0 Å². The second-order valence-electron chi connectivity index (χ2n) is 9.96. The molecule has 0 unspecified atom stereocenters. The van der Waals surface area contributed by atoms with Crippen molar-refractivity contribution >= 4 is 21.9 Å². The zero-order valence-electron chi connectivity index (χ0n) is 25.5. The monoisotopic (exact) mass is 610 g/mol. The Labute approximate surface area is 257 Å². The van der Waals surface area contributed by atoms with Gasteiger partial charge in [0.15, 0.2) is 16.9 Å². The van der Waals surface area contributed by atoms with Crippen LogP contribution < -0.4 is 33.8 Å². The van der Waals surface area contributed by atoms with E-state index >= 15 is 0 Å². The first kappa shape index (κ1) is 29.3. The van der Waals surface area contributed by atoms with Crippen molar-refractivity contribution in [3.63, 3.8) is 0 Å². The van der Waals surface area contributed by atoms with E-state index in [-0.39, 0.29) is 27.9 Å². The van der Waals surface area contributed by atoms with Crippen LogP contribution in [0.25, 0.3) is 55.7 Å². The lowest BCUT2D eigenvalue weighted by atomic mass is 9.95. The summed E-state index contributed by atoms with van der Waals surface area (Å²) >= 11 is 0. The summed E-state index contributed by atoms with van der Waals surface area (Å²) in [4.78, 5) is 13.8.